The quantitative estimate of drug-likeness (QED) is 0.728. The lowest BCUT2D eigenvalue weighted by Gasteiger charge is -2.05. The highest BCUT2D eigenvalue weighted by atomic mass is 19.1. The number of nitriles is 1. The molecular formula is C19H14F2N2O2. The SMILES string of the molecule is COC(=O)CCc1c(-c2ccc(C#N)cc2)[nH]c2c(F)cc(F)cc12. The number of ether oxygens (including phenoxy) is 1. The Morgan fingerprint density at radius 2 is 1.96 bits per heavy atom. The second-order valence-electron chi connectivity index (χ2n) is 5.55. The number of fused-ring (bicyclic) bond motifs is 1. The van der Waals surface area contributed by atoms with Crippen molar-refractivity contribution in [1.29, 1.82) is 5.26 Å². The topological polar surface area (TPSA) is 65.9 Å². The van der Waals surface area contributed by atoms with Gasteiger partial charge in [-0.05, 0) is 35.7 Å². The van der Waals surface area contributed by atoms with E-state index in [9.17, 15) is 13.6 Å². The van der Waals surface area contributed by atoms with Crippen molar-refractivity contribution in [2.24, 2.45) is 0 Å². The Bertz CT molecular complexity index is 985. The normalized spacial score (nSPS) is 10.6. The fourth-order valence-corrected chi connectivity index (χ4v) is 2.82. The van der Waals surface area contributed by atoms with Gasteiger partial charge in [0.05, 0.1) is 24.3 Å². The van der Waals surface area contributed by atoms with Crippen LogP contribution < -0.4 is 0 Å². The fraction of sp³-hybridized carbons (Fsp3) is 0.158. The molecule has 2 aromatic carbocycles. The number of aromatic amines is 1. The minimum absolute atomic E-state index is 0.0882. The smallest absolute Gasteiger partial charge is 0.305 e. The summed E-state index contributed by atoms with van der Waals surface area (Å²) in [5.74, 6) is -1.79. The van der Waals surface area contributed by atoms with E-state index in [2.05, 4.69) is 9.72 Å². The Morgan fingerprint density at radius 3 is 2.60 bits per heavy atom. The number of hydrogen-bond donors (Lipinski definition) is 1. The van der Waals surface area contributed by atoms with Crippen molar-refractivity contribution in [3.63, 3.8) is 0 Å². The lowest BCUT2D eigenvalue weighted by atomic mass is 10.0. The molecule has 1 heterocycles. The summed E-state index contributed by atoms with van der Waals surface area (Å²) in [5, 5.41) is 9.30. The molecule has 6 heteroatoms. The van der Waals surface area contributed by atoms with Gasteiger partial charge in [0, 0.05) is 23.6 Å². The monoisotopic (exact) mass is 340 g/mol. The van der Waals surface area contributed by atoms with Crippen LogP contribution in [0.25, 0.3) is 22.2 Å². The van der Waals surface area contributed by atoms with Crippen LogP contribution >= 0.6 is 0 Å². The standard InChI is InChI=1S/C19H14F2N2O2/c1-25-17(24)7-6-14-15-8-13(20)9-16(21)19(15)23-18(14)12-4-2-11(10-22)3-5-12/h2-5,8-9,23H,6-7H2,1H3. The molecule has 0 aliphatic carbocycles. The maximum absolute atomic E-state index is 14.1. The fourth-order valence-electron chi connectivity index (χ4n) is 2.82. The van der Waals surface area contributed by atoms with Crippen LogP contribution in [0.2, 0.25) is 0 Å². The molecule has 3 rings (SSSR count). The first-order valence-electron chi connectivity index (χ1n) is 7.60. The van der Waals surface area contributed by atoms with Crippen molar-refractivity contribution in [1.82, 2.24) is 4.98 Å². The first-order chi connectivity index (χ1) is 12.0. The zero-order valence-electron chi connectivity index (χ0n) is 13.4. The highest BCUT2D eigenvalue weighted by molar-refractivity contribution is 5.91. The van der Waals surface area contributed by atoms with Gasteiger partial charge in [-0.25, -0.2) is 8.78 Å². The summed E-state index contributed by atoms with van der Waals surface area (Å²) in [6, 6.07) is 10.8. The highest BCUT2D eigenvalue weighted by Gasteiger charge is 2.18. The molecule has 0 aliphatic rings. The van der Waals surface area contributed by atoms with Gasteiger partial charge in [-0.15, -0.1) is 0 Å². The number of halogens is 2. The van der Waals surface area contributed by atoms with Crippen LogP contribution in [0, 0.1) is 23.0 Å². The van der Waals surface area contributed by atoms with Gasteiger partial charge in [0.2, 0.25) is 0 Å². The Balaban J connectivity index is 2.16. The Labute approximate surface area is 142 Å². The third-order valence-electron chi connectivity index (χ3n) is 4.04. The number of aryl methyl sites for hydroxylation is 1. The molecule has 0 fully saturated rings. The molecule has 0 radical (unpaired) electrons. The second kappa shape index (κ2) is 6.73. The number of aromatic nitrogens is 1. The third kappa shape index (κ3) is 3.22. The van der Waals surface area contributed by atoms with Crippen LogP contribution in [0.4, 0.5) is 8.78 Å². The number of benzene rings is 2. The Kier molecular flexibility index (Phi) is 4.48. The molecule has 4 nitrogen and oxygen atoms in total. The predicted molar refractivity (Wildman–Crippen MR) is 88.7 cm³/mol. The molecule has 0 unspecified atom stereocenters. The first kappa shape index (κ1) is 16.7. The number of H-pyrrole nitrogens is 1. The van der Waals surface area contributed by atoms with Gasteiger partial charge in [-0.1, -0.05) is 12.1 Å². The van der Waals surface area contributed by atoms with E-state index in [0.29, 0.717) is 22.2 Å². The molecule has 0 aliphatic heterocycles. The van der Waals surface area contributed by atoms with Gasteiger partial charge in [0.1, 0.15) is 11.6 Å². The van der Waals surface area contributed by atoms with E-state index in [4.69, 9.17) is 5.26 Å². The van der Waals surface area contributed by atoms with Crippen LogP contribution in [0.5, 0.6) is 0 Å². The van der Waals surface area contributed by atoms with Crippen molar-refractivity contribution in [2.45, 2.75) is 12.8 Å². The molecule has 1 N–H and O–H groups in total. The predicted octanol–water partition coefficient (Wildman–Crippen LogP) is 4.09. The van der Waals surface area contributed by atoms with Crippen molar-refractivity contribution >= 4 is 16.9 Å². The van der Waals surface area contributed by atoms with Gasteiger partial charge < -0.3 is 9.72 Å². The van der Waals surface area contributed by atoms with Crippen LogP contribution in [0.1, 0.15) is 17.5 Å². The van der Waals surface area contributed by atoms with E-state index < -0.39 is 17.6 Å². The molecule has 0 saturated carbocycles. The molecule has 0 spiro atoms. The van der Waals surface area contributed by atoms with Gasteiger partial charge in [-0.3, -0.25) is 4.79 Å². The van der Waals surface area contributed by atoms with Gasteiger partial charge in [0.15, 0.2) is 0 Å². The Morgan fingerprint density at radius 1 is 1.24 bits per heavy atom. The molecule has 0 amide bonds. The lowest BCUT2D eigenvalue weighted by molar-refractivity contribution is -0.140. The van der Waals surface area contributed by atoms with Gasteiger partial charge in [0.25, 0.3) is 0 Å². The Hall–Kier alpha value is -3.20. The number of carbonyl (C=O) groups is 1. The summed E-state index contributed by atoms with van der Waals surface area (Å²) < 4.78 is 32.5. The number of esters is 1. The van der Waals surface area contributed by atoms with Crippen molar-refractivity contribution in [3.05, 3.63) is 59.2 Å². The molecule has 3 aromatic rings. The number of nitrogens with zero attached hydrogens (tertiary/aromatic N) is 1. The van der Waals surface area contributed by atoms with E-state index in [-0.39, 0.29) is 18.4 Å². The van der Waals surface area contributed by atoms with E-state index in [0.717, 1.165) is 11.6 Å². The van der Waals surface area contributed by atoms with E-state index in [1.54, 1.807) is 24.3 Å². The molecular weight excluding hydrogens is 326 g/mol. The van der Waals surface area contributed by atoms with Crippen molar-refractivity contribution in [2.75, 3.05) is 7.11 Å². The van der Waals surface area contributed by atoms with E-state index in [1.165, 1.54) is 13.2 Å². The first-order valence-corrected chi connectivity index (χ1v) is 7.60. The molecule has 0 bridgehead atoms. The largest absolute Gasteiger partial charge is 0.469 e. The summed E-state index contributed by atoms with van der Waals surface area (Å²) in [5.41, 5.74) is 2.61. The molecule has 126 valence electrons. The average molecular weight is 340 g/mol. The molecule has 0 saturated heterocycles. The maximum Gasteiger partial charge on any atom is 0.305 e. The maximum atomic E-state index is 14.1. The minimum Gasteiger partial charge on any atom is -0.469 e. The van der Waals surface area contributed by atoms with E-state index >= 15 is 0 Å². The van der Waals surface area contributed by atoms with Crippen LogP contribution in [-0.4, -0.2) is 18.1 Å². The van der Waals surface area contributed by atoms with Crippen molar-refractivity contribution in [3.8, 4) is 17.3 Å². The summed E-state index contributed by atoms with van der Waals surface area (Å²) >= 11 is 0. The summed E-state index contributed by atoms with van der Waals surface area (Å²) in [6.45, 7) is 0. The summed E-state index contributed by atoms with van der Waals surface area (Å²) in [6.07, 6.45) is 0.357. The van der Waals surface area contributed by atoms with Crippen LogP contribution in [-0.2, 0) is 16.0 Å². The molecule has 1 aromatic heterocycles. The second-order valence-corrected chi connectivity index (χ2v) is 5.55. The van der Waals surface area contributed by atoms with Crippen LogP contribution in [0.3, 0.4) is 0 Å². The van der Waals surface area contributed by atoms with Gasteiger partial charge >= 0.3 is 5.97 Å². The number of carbonyl (C=O) groups excluding carboxylic acids is 1. The summed E-state index contributed by atoms with van der Waals surface area (Å²) in [7, 11) is 1.29. The van der Waals surface area contributed by atoms with E-state index in [1.807, 2.05) is 6.07 Å². The van der Waals surface area contributed by atoms with Crippen LogP contribution in [0.15, 0.2) is 36.4 Å². The number of rotatable bonds is 4. The van der Waals surface area contributed by atoms with Crippen molar-refractivity contribution < 1.29 is 18.3 Å². The van der Waals surface area contributed by atoms with Gasteiger partial charge in [-0.2, -0.15) is 5.26 Å². The summed E-state index contributed by atoms with van der Waals surface area (Å²) in [4.78, 5) is 14.5. The number of methoxy groups -OCH3 is 1. The number of nitrogens with one attached hydrogen (secondary N) is 1. The molecule has 0 atom stereocenters. The molecule has 25 heavy (non-hydrogen) atoms. The lowest BCUT2D eigenvalue weighted by Crippen LogP contribution is -2.02. The highest BCUT2D eigenvalue weighted by Crippen LogP contribution is 2.33. The zero-order chi connectivity index (χ0) is 18.0. The minimum atomic E-state index is -0.700. The number of hydrogen-bond acceptors (Lipinski definition) is 3. The average Bonchev–Trinajstić information content (AvgIpc) is 2.98. The zero-order valence-corrected chi connectivity index (χ0v) is 13.4. The third-order valence-corrected chi connectivity index (χ3v) is 4.04.